The van der Waals surface area contributed by atoms with Crippen molar-refractivity contribution in [2.45, 2.75) is 24.7 Å². The van der Waals surface area contributed by atoms with Crippen molar-refractivity contribution in [2.75, 3.05) is 0 Å². The third-order valence-corrected chi connectivity index (χ3v) is 2.29. The summed E-state index contributed by atoms with van der Waals surface area (Å²) in [5.41, 5.74) is 0.470. The maximum absolute atomic E-state index is 10.4. The predicted octanol–water partition coefficient (Wildman–Crippen LogP) is -4.02. The first-order valence-corrected chi connectivity index (χ1v) is 3.79. The summed E-state index contributed by atoms with van der Waals surface area (Å²) >= 11 is 0. The van der Waals surface area contributed by atoms with Gasteiger partial charge < -0.3 is 9.90 Å². The Morgan fingerprint density at radius 2 is 2.38 bits per heavy atom. The summed E-state index contributed by atoms with van der Waals surface area (Å²) in [7, 11) is 0. The van der Waals surface area contributed by atoms with Crippen molar-refractivity contribution in [3.8, 4) is 0 Å². The Balaban J connectivity index is 0.000000845. The van der Waals surface area contributed by atoms with Crippen LogP contribution in [-0.4, -0.2) is 21.4 Å². The van der Waals surface area contributed by atoms with Gasteiger partial charge in [0.2, 0.25) is 0 Å². The molecule has 0 amide bonds. The zero-order valence-corrected chi connectivity index (χ0v) is 9.41. The smallest absolute Gasteiger partial charge is 0.550 e. The number of rotatable bonds is 3. The second kappa shape index (κ2) is 3.77. The minimum atomic E-state index is -1.02. The third kappa shape index (κ3) is 2.10. The Bertz CT molecular complexity index is 295. The van der Waals surface area contributed by atoms with E-state index in [1.165, 1.54) is 0 Å². The van der Waals surface area contributed by atoms with Crippen LogP contribution in [-0.2, 0) is 10.2 Å². The van der Waals surface area contributed by atoms with Crippen LogP contribution in [0.15, 0.2) is 6.20 Å². The number of aromatic nitrogens is 3. The van der Waals surface area contributed by atoms with E-state index >= 15 is 0 Å². The molecule has 5 nitrogen and oxygen atoms in total. The number of carbonyl (C=O) groups excluding carboxylic acids is 1. The van der Waals surface area contributed by atoms with E-state index in [1.54, 1.807) is 6.20 Å². The molecule has 1 aromatic rings. The Kier molecular flexibility index (Phi) is 3.10. The van der Waals surface area contributed by atoms with Gasteiger partial charge >= 0.3 is 29.6 Å². The number of carbonyl (C=O) groups is 1. The Hall–Kier alpha value is -0.390. The number of hydrogen-bond acceptors (Lipinski definition) is 4. The largest absolute Gasteiger partial charge is 1.00 e. The monoisotopic (exact) mass is 189 g/mol. The van der Waals surface area contributed by atoms with Crippen molar-refractivity contribution in [1.82, 2.24) is 15.4 Å². The molecular weight excluding hydrogens is 181 g/mol. The van der Waals surface area contributed by atoms with Gasteiger partial charge in [-0.3, -0.25) is 0 Å². The van der Waals surface area contributed by atoms with Gasteiger partial charge in [0.1, 0.15) is 0 Å². The minimum Gasteiger partial charge on any atom is -0.550 e. The maximum Gasteiger partial charge on any atom is 1.00 e. The predicted molar refractivity (Wildman–Crippen MR) is 36.9 cm³/mol. The summed E-state index contributed by atoms with van der Waals surface area (Å²) in [6.07, 6.45) is 3.37. The molecule has 1 saturated carbocycles. The number of H-pyrrole nitrogens is 1. The zero-order chi connectivity index (χ0) is 8.60. The summed E-state index contributed by atoms with van der Waals surface area (Å²) in [6.45, 7) is 0. The fraction of sp³-hybridized carbons (Fsp3) is 0.571. The van der Waals surface area contributed by atoms with Gasteiger partial charge in [-0.25, -0.2) is 0 Å². The standard InChI is InChI=1S/C7H9N3O2.Na/c11-6(12)3-7(1-2-7)5-4-8-10-9-5;/h4H,1-3H2,(H,11,12)(H,8,9,10);/q;+1/p-1. The number of nitrogens with one attached hydrogen (secondary N) is 1. The molecule has 1 fully saturated rings. The van der Waals surface area contributed by atoms with E-state index < -0.39 is 5.97 Å². The van der Waals surface area contributed by atoms with Crippen LogP contribution >= 0.6 is 0 Å². The van der Waals surface area contributed by atoms with Crippen LogP contribution in [0.1, 0.15) is 25.0 Å². The van der Waals surface area contributed by atoms with Crippen LogP contribution in [0.25, 0.3) is 0 Å². The van der Waals surface area contributed by atoms with E-state index in [9.17, 15) is 9.90 Å². The number of nitrogens with zero attached hydrogens (tertiary/aromatic N) is 2. The van der Waals surface area contributed by atoms with Crippen LogP contribution < -0.4 is 34.7 Å². The zero-order valence-electron chi connectivity index (χ0n) is 7.41. The van der Waals surface area contributed by atoms with Gasteiger partial charge in [-0.15, -0.1) is 0 Å². The fourth-order valence-corrected chi connectivity index (χ4v) is 1.41. The number of hydrogen-bond donors (Lipinski definition) is 1. The molecule has 1 heterocycles. The molecule has 0 bridgehead atoms. The Morgan fingerprint density at radius 3 is 2.77 bits per heavy atom. The average Bonchev–Trinajstić information content (AvgIpc) is 2.61. The van der Waals surface area contributed by atoms with Crippen molar-refractivity contribution in [3.05, 3.63) is 11.9 Å². The van der Waals surface area contributed by atoms with Gasteiger partial charge in [-0.05, 0) is 19.3 Å². The molecule has 6 heteroatoms. The molecule has 0 aromatic carbocycles. The SMILES string of the molecule is O=C([O-])CC1(c2cn[nH]n2)CC1.[Na+]. The quantitative estimate of drug-likeness (QED) is 0.491. The van der Waals surface area contributed by atoms with Gasteiger partial charge in [0.25, 0.3) is 0 Å². The third-order valence-electron chi connectivity index (χ3n) is 2.29. The van der Waals surface area contributed by atoms with Gasteiger partial charge in [0.15, 0.2) is 0 Å². The van der Waals surface area contributed by atoms with E-state index in [0.717, 1.165) is 18.5 Å². The van der Waals surface area contributed by atoms with Crippen molar-refractivity contribution < 1.29 is 39.5 Å². The minimum absolute atomic E-state index is 0. The molecule has 0 atom stereocenters. The Labute approximate surface area is 97.2 Å². The fourth-order valence-electron chi connectivity index (χ4n) is 1.41. The van der Waals surface area contributed by atoms with Crippen molar-refractivity contribution in [1.29, 1.82) is 0 Å². The van der Waals surface area contributed by atoms with Crippen molar-refractivity contribution in [3.63, 3.8) is 0 Å². The van der Waals surface area contributed by atoms with E-state index in [0.29, 0.717) is 0 Å². The maximum atomic E-state index is 10.4. The molecule has 1 aliphatic carbocycles. The molecule has 0 spiro atoms. The summed E-state index contributed by atoms with van der Waals surface area (Å²) in [4.78, 5) is 10.4. The van der Waals surface area contributed by atoms with Crippen LogP contribution in [0.5, 0.6) is 0 Å². The molecule has 0 radical (unpaired) electrons. The first-order chi connectivity index (χ1) is 5.73. The molecule has 1 N–H and O–H groups in total. The average molecular weight is 189 g/mol. The molecular formula is C7H8N3NaO2. The summed E-state index contributed by atoms with van der Waals surface area (Å²) < 4.78 is 0. The second-order valence-electron chi connectivity index (χ2n) is 3.18. The molecule has 13 heavy (non-hydrogen) atoms. The van der Waals surface area contributed by atoms with E-state index in [-0.39, 0.29) is 41.4 Å². The van der Waals surface area contributed by atoms with E-state index in [2.05, 4.69) is 15.4 Å². The molecule has 2 rings (SSSR count). The van der Waals surface area contributed by atoms with Crippen LogP contribution in [0, 0.1) is 0 Å². The van der Waals surface area contributed by atoms with Gasteiger partial charge in [-0.1, -0.05) is 0 Å². The normalized spacial score (nSPS) is 17.5. The molecule has 1 aromatic heterocycles. The summed E-state index contributed by atoms with van der Waals surface area (Å²) in [6, 6.07) is 0. The number of aromatic amines is 1. The number of carboxylic acid groups (broad SMARTS) is 1. The van der Waals surface area contributed by atoms with Crippen molar-refractivity contribution in [2.24, 2.45) is 0 Å². The van der Waals surface area contributed by atoms with E-state index in [1.807, 2.05) is 0 Å². The van der Waals surface area contributed by atoms with Gasteiger partial charge in [-0.2, -0.15) is 15.4 Å². The molecule has 1 aliphatic rings. The van der Waals surface area contributed by atoms with Crippen LogP contribution in [0.2, 0.25) is 0 Å². The first-order valence-electron chi connectivity index (χ1n) is 3.79. The first kappa shape index (κ1) is 10.7. The van der Waals surface area contributed by atoms with Crippen molar-refractivity contribution >= 4 is 5.97 Å². The Morgan fingerprint density at radius 1 is 1.69 bits per heavy atom. The topological polar surface area (TPSA) is 81.7 Å². The molecule has 0 aliphatic heterocycles. The van der Waals surface area contributed by atoms with E-state index in [4.69, 9.17) is 0 Å². The number of aliphatic carboxylic acids is 1. The second-order valence-corrected chi connectivity index (χ2v) is 3.18. The molecule has 0 saturated heterocycles. The summed E-state index contributed by atoms with van der Waals surface area (Å²) in [5, 5.41) is 20.4. The number of carboxylic acids is 1. The van der Waals surface area contributed by atoms with Gasteiger partial charge in [0, 0.05) is 11.4 Å². The van der Waals surface area contributed by atoms with Crippen LogP contribution in [0.4, 0.5) is 0 Å². The van der Waals surface area contributed by atoms with Crippen LogP contribution in [0.3, 0.4) is 0 Å². The summed E-state index contributed by atoms with van der Waals surface area (Å²) in [5.74, 6) is -1.02. The molecule has 0 unspecified atom stereocenters. The van der Waals surface area contributed by atoms with Gasteiger partial charge in [0.05, 0.1) is 11.9 Å². The molecule has 64 valence electrons.